The molecule has 1 heterocycles. The first-order valence-corrected chi connectivity index (χ1v) is 6.31. The number of rotatable bonds is 6. The second kappa shape index (κ2) is 7.02. The molecule has 0 aromatic rings. The molecular weight excluding hydrogens is 184 g/mol. The summed E-state index contributed by atoms with van der Waals surface area (Å²) in [5.41, 5.74) is 1.54. The van der Waals surface area contributed by atoms with E-state index in [2.05, 4.69) is 37.1 Å². The first kappa shape index (κ1) is 12.7. The molecule has 2 nitrogen and oxygen atoms in total. The lowest BCUT2D eigenvalue weighted by Gasteiger charge is -2.28. The van der Waals surface area contributed by atoms with Crippen molar-refractivity contribution in [2.75, 3.05) is 32.7 Å². The van der Waals surface area contributed by atoms with Gasteiger partial charge in [0.2, 0.25) is 0 Å². The van der Waals surface area contributed by atoms with E-state index in [-0.39, 0.29) is 0 Å². The van der Waals surface area contributed by atoms with E-state index >= 15 is 0 Å². The molecule has 0 amide bonds. The molecule has 0 aromatic heterocycles. The fourth-order valence-electron chi connectivity index (χ4n) is 2.18. The fourth-order valence-corrected chi connectivity index (χ4v) is 2.18. The van der Waals surface area contributed by atoms with E-state index in [1.165, 1.54) is 38.0 Å². The molecule has 1 atom stereocenters. The van der Waals surface area contributed by atoms with E-state index in [0.29, 0.717) is 0 Å². The van der Waals surface area contributed by atoms with Gasteiger partial charge in [-0.1, -0.05) is 25.5 Å². The van der Waals surface area contributed by atoms with Gasteiger partial charge in [-0.05, 0) is 38.8 Å². The van der Waals surface area contributed by atoms with E-state index in [9.17, 15) is 0 Å². The first-order valence-electron chi connectivity index (χ1n) is 6.31. The Morgan fingerprint density at radius 1 is 1.53 bits per heavy atom. The molecule has 88 valence electrons. The van der Waals surface area contributed by atoms with Gasteiger partial charge in [0.05, 0.1) is 0 Å². The van der Waals surface area contributed by atoms with Crippen LogP contribution in [0, 0.1) is 5.92 Å². The number of hydrogen-bond acceptors (Lipinski definition) is 2. The van der Waals surface area contributed by atoms with E-state index in [1.807, 2.05) is 0 Å². The van der Waals surface area contributed by atoms with Gasteiger partial charge in [-0.3, -0.25) is 4.90 Å². The van der Waals surface area contributed by atoms with Gasteiger partial charge in [-0.15, -0.1) is 0 Å². The molecule has 1 unspecified atom stereocenters. The molecule has 2 heteroatoms. The van der Waals surface area contributed by atoms with Crippen molar-refractivity contribution in [1.82, 2.24) is 10.2 Å². The molecule has 1 aliphatic heterocycles. The maximum Gasteiger partial charge on any atom is 0.0190 e. The van der Waals surface area contributed by atoms with Gasteiger partial charge < -0.3 is 5.32 Å². The number of nitrogens with zero attached hydrogens (tertiary/aromatic N) is 1. The third-order valence-electron chi connectivity index (χ3n) is 2.90. The van der Waals surface area contributed by atoms with Gasteiger partial charge in [0.25, 0.3) is 0 Å². The Kier molecular flexibility index (Phi) is 5.96. The Morgan fingerprint density at radius 3 is 3.00 bits per heavy atom. The van der Waals surface area contributed by atoms with E-state index in [0.717, 1.165) is 19.0 Å². The minimum atomic E-state index is 0.766. The second-order valence-electron chi connectivity index (χ2n) is 4.88. The highest BCUT2D eigenvalue weighted by Gasteiger charge is 2.12. The van der Waals surface area contributed by atoms with Crippen LogP contribution in [0.2, 0.25) is 0 Å². The molecule has 1 aliphatic rings. The van der Waals surface area contributed by atoms with Gasteiger partial charge in [0.1, 0.15) is 0 Å². The van der Waals surface area contributed by atoms with E-state index in [1.54, 1.807) is 0 Å². The lowest BCUT2D eigenvalue weighted by atomic mass is 10.1. The topological polar surface area (TPSA) is 15.3 Å². The summed E-state index contributed by atoms with van der Waals surface area (Å²) < 4.78 is 0. The van der Waals surface area contributed by atoms with Gasteiger partial charge in [-0.2, -0.15) is 0 Å². The normalized spacial score (nSPS) is 20.1. The standard InChI is InChI=1S/C13H26N2/c1-4-7-14-9-13(3)11-15-8-5-6-12(2)10-15/h6,13-14H,4-5,7-11H2,1-3H3. The second-order valence-corrected chi connectivity index (χ2v) is 4.88. The molecule has 0 aliphatic carbocycles. The predicted octanol–water partition coefficient (Wildman–Crippen LogP) is 2.27. The highest BCUT2D eigenvalue weighted by molar-refractivity contribution is 5.04. The average molecular weight is 210 g/mol. The lowest BCUT2D eigenvalue weighted by molar-refractivity contribution is 0.247. The zero-order valence-electron chi connectivity index (χ0n) is 10.6. The Morgan fingerprint density at radius 2 is 2.33 bits per heavy atom. The summed E-state index contributed by atoms with van der Waals surface area (Å²) in [6.45, 7) is 12.8. The van der Waals surface area contributed by atoms with Crippen molar-refractivity contribution in [2.45, 2.75) is 33.6 Å². The van der Waals surface area contributed by atoms with Crippen molar-refractivity contribution in [3.05, 3.63) is 11.6 Å². The van der Waals surface area contributed by atoms with Crippen LogP contribution in [0.5, 0.6) is 0 Å². The van der Waals surface area contributed by atoms with E-state index in [4.69, 9.17) is 0 Å². The van der Waals surface area contributed by atoms with Crippen LogP contribution in [0.3, 0.4) is 0 Å². The lowest BCUT2D eigenvalue weighted by Crippen LogP contribution is -2.36. The van der Waals surface area contributed by atoms with Crippen molar-refractivity contribution in [3.63, 3.8) is 0 Å². The molecule has 0 bridgehead atoms. The molecule has 0 radical (unpaired) electrons. The van der Waals surface area contributed by atoms with Crippen molar-refractivity contribution in [3.8, 4) is 0 Å². The van der Waals surface area contributed by atoms with Gasteiger partial charge in [0.15, 0.2) is 0 Å². The Balaban J connectivity index is 2.14. The predicted molar refractivity (Wildman–Crippen MR) is 67.1 cm³/mol. The van der Waals surface area contributed by atoms with Crippen LogP contribution in [-0.2, 0) is 0 Å². The highest BCUT2D eigenvalue weighted by Crippen LogP contribution is 2.10. The van der Waals surface area contributed by atoms with Crippen molar-refractivity contribution >= 4 is 0 Å². The molecule has 15 heavy (non-hydrogen) atoms. The van der Waals surface area contributed by atoms with Crippen LogP contribution in [0.4, 0.5) is 0 Å². The number of hydrogen-bond donors (Lipinski definition) is 1. The molecule has 1 rings (SSSR count). The third kappa shape index (κ3) is 5.33. The van der Waals surface area contributed by atoms with Crippen LogP contribution in [0.15, 0.2) is 11.6 Å². The summed E-state index contributed by atoms with van der Waals surface area (Å²) in [4.78, 5) is 2.58. The Bertz CT molecular complexity index is 199. The van der Waals surface area contributed by atoms with Gasteiger partial charge >= 0.3 is 0 Å². The van der Waals surface area contributed by atoms with Crippen molar-refractivity contribution < 1.29 is 0 Å². The largest absolute Gasteiger partial charge is 0.316 e. The van der Waals surface area contributed by atoms with Crippen molar-refractivity contribution in [2.24, 2.45) is 5.92 Å². The highest BCUT2D eigenvalue weighted by atomic mass is 15.1. The van der Waals surface area contributed by atoms with Crippen LogP contribution < -0.4 is 5.32 Å². The van der Waals surface area contributed by atoms with Crippen LogP contribution in [-0.4, -0.2) is 37.6 Å². The minimum Gasteiger partial charge on any atom is -0.316 e. The van der Waals surface area contributed by atoms with Crippen LogP contribution in [0.25, 0.3) is 0 Å². The van der Waals surface area contributed by atoms with Gasteiger partial charge in [-0.25, -0.2) is 0 Å². The molecule has 0 spiro atoms. The SMILES string of the molecule is CCCNCC(C)CN1CCC=C(C)C1. The maximum atomic E-state index is 3.49. The van der Waals surface area contributed by atoms with Crippen LogP contribution >= 0.6 is 0 Å². The van der Waals surface area contributed by atoms with E-state index < -0.39 is 0 Å². The maximum absolute atomic E-state index is 3.49. The molecule has 0 aromatic carbocycles. The molecule has 1 N–H and O–H groups in total. The third-order valence-corrected chi connectivity index (χ3v) is 2.90. The first-order chi connectivity index (χ1) is 7.22. The summed E-state index contributed by atoms with van der Waals surface area (Å²) >= 11 is 0. The quantitative estimate of drug-likeness (QED) is 0.534. The summed E-state index contributed by atoms with van der Waals surface area (Å²) in [7, 11) is 0. The zero-order chi connectivity index (χ0) is 11.1. The van der Waals surface area contributed by atoms with Crippen LogP contribution in [0.1, 0.15) is 33.6 Å². The summed E-state index contributed by atoms with van der Waals surface area (Å²) in [5, 5.41) is 3.49. The zero-order valence-corrected chi connectivity index (χ0v) is 10.6. The Labute approximate surface area is 94.7 Å². The minimum absolute atomic E-state index is 0.766. The molecule has 0 fully saturated rings. The number of nitrogens with one attached hydrogen (secondary N) is 1. The average Bonchev–Trinajstić information content (AvgIpc) is 2.18. The summed E-state index contributed by atoms with van der Waals surface area (Å²) in [5.74, 6) is 0.766. The van der Waals surface area contributed by atoms with Crippen molar-refractivity contribution in [1.29, 1.82) is 0 Å². The molecule has 0 saturated heterocycles. The Hall–Kier alpha value is -0.340. The smallest absolute Gasteiger partial charge is 0.0190 e. The summed E-state index contributed by atoms with van der Waals surface area (Å²) in [6, 6.07) is 0. The fraction of sp³-hybridized carbons (Fsp3) is 0.846. The molecule has 0 saturated carbocycles. The summed E-state index contributed by atoms with van der Waals surface area (Å²) in [6.07, 6.45) is 4.84. The van der Waals surface area contributed by atoms with Gasteiger partial charge in [0, 0.05) is 19.6 Å². The monoisotopic (exact) mass is 210 g/mol. The molecular formula is C13H26N2.